The Hall–Kier alpha value is -1.47. The van der Waals surface area contributed by atoms with E-state index in [-0.39, 0.29) is 0 Å². The molecule has 0 spiro atoms. The average molecular weight is 233 g/mol. The fourth-order valence-corrected chi connectivity index (χ4v) is 1.58. The second-order valence-electron chi connectivity index (χ2n) is 3.54. The molecule has 0 atom stereocenters. The third-order valence-corrected chi connectivity index (χ3v) is 2.57. The Labute approximate surface area is 101 Å². The van der Waals surface area contributed by atoms with Crippen LogP contribution in [0.5, 0.6) is 5.75 Å². The molecule has 0 aliphatic rings. The van der Waals surface area contributed by atoms with Crippen molar-refractivity contribution in [1.82, 2.24) is 0 Å². The third kappa shape index (κ3) is 3.28. The van der Waals surface area contributed by atoms with Gasteiger partial charge in [-0.1, -0.05) is 41.9 Å². The van der Waals surface area contributed by atoms with Gasteiger partial charge in [0.2, 0.25) is 0 Å². The van der Waals surface area contributed by atoms with E-state index in [0.29, 0.717) is 6.61 Å². The molecule has 2 aromatic rings. The minimum atomic E-state index is 0.686. The topological polar surface area (TPSA) is 9.23 Å². The van der Waals surface area contributed by atoms with Crippen LogP contribution in [0, 0.1) is 0 Å². The minimum absolute atomic E-state index is 0.686. The first-order valence-corrected chi connectivity index (χ1v) is 5.65. The zero-order chi connectivity index (χ0) is 11.2. The normalized spacial score (nSPS) is 10.1. The molecule has 0 aliphatic heterocycles. The second-order valence-corrected chi connectivity index (χ2v) is 3.97. The molecule has 0 unspecified atom stereocenters. The Morgan fingerprint density at radius 1 is 0.875 bits per heavy atom. The molecule has 0 heterocycles. The highest BCUT2D eigenvalue weighted by atomic mass is 35.5. The zero-order valence-corrected chi connectivity index (χ0v) is 9.65. The van der Waals surface area contributed by atoms with Crippen LogP contribution in [-0.2, 0) is 6.42 Å². The quantitative estimate of drug-likeness (QED) is 0.775. The molecule has 0 amide bonds. The number of ether oxygens (including phenoxy) is 1. The van der Waals surface area contributed by atoms with Gasteiger partial charge in [-0.2, -0.15) is 0 Å². The summed E-state index contributed by atoms with van der Waals surface area (Å²) >= 11 is 5.81. The monoisotopic (exact) mass is 232 g/mol. The highest BCUT2D eigenvalue weighted by Crippen LogP contribution is 2.12. The van der Waals surface area contributed by atoms with Gasteiger partial charge in [0, 0.05) is 11.4 Å². The van der Waals surface area contributed by atoms with Crippen LogP contribution in [0.1, 0.15) is 5.56 Å². The number of para-hydroxylation sites is 1. The van der Waals surface area contributed by atoms with Crippen molar-refractivity contribution in [3.05, 3.63) is 65.2 Å². The van der Waals surface area contributed by atoms with Gasteiger partial charge in [-0.05, 0) is 29.8 Å². The summed E-state index contributed by atoms with van der Waals surface area (Å²) in [7, 11) is 0. The molecular formula is C14H13ClO. The number of hydrogen-bond donors (Lipinski definition) is 0. The van der Waals surface area contributed by atoms with Crippen molar-refractivity contribution in [2.45, 2.75) is 6.42 Å². The summed E-state index contributed by atoms with van der Waals surface area (Å²) in [6.07, 6.45) is 0.895. The van der Waals surface area contributed by atoms with E-state index in [9.17, 15) is 0 Å². The summed E-state index contributed by atoms with van der Waals surface area (Å²) in [5.41, 5.74) is 1.24. The van der Waals surface area contributed by atoms with Gasteiger partial charge in [-0.3, -0.25) is 0 Å². The van der Waals surface area contributed by atoms with Crippen molar-refractivity contribution in [3.63, 3.8) is 0 Å². The lowest BCUT2D eigenvalue weighted by molar-refractivity contribution is 0.322. The number of rotatable bonds is 4. The van der Waals surface area contributed by atoms with E-state index in [2.05, 4.69) is 0 Å². The zero-order valence-electron chi connectivity index (χ0n) is 8.90. The molecule has 82 valence electrons. The van der Waals surface area contributed by atoms with Gasteiger partial charge in [-0.15, -0.1) is 0 Å². The molecule has 2 aromatic carbocycles. The van der Waals surface area contributed by atoms with Crippen molar-refractivity contribution in [1.29, 1.82) is 0 Å². The Morgan fingerprint density at radius 3 is 2.25 bits per heavy atom. The van der Waals surface area contributed by atoms with Crippen molar-refractivity contribution in [2.75, 3.05) is 6.61 Å². The molecular weight excluding hydrogens is 220 g/mol. The molecule has 16 heavy (non-hydrogen) atoms. The largest absolute Gasteiger partial charge is 0.493 e. The lowest BCUT2D eigenvalue weighted by Crippen LogP contribution is -2.00. The van der Waals surface area contributed by atoms with Gasteiger partial charge in [0.1, 0.15) is 5.75 Å². The van der Waals surface area contributed by atoms with Crippen LogP contribution >= 0.6 is 11.6 Å². The van der Waals surface area contributed by atoms with Crippen LogP contribution in [0.25, 0.3) is 0 Å². The van der Waals surface area contributed by atoms with E-state index in [1.165, 1.54) is 5.56 Å². The average Bonchev–Trinajstić information content (AvgIpc) is 2.33. The number of hydrogen-bond acceptors (Lipinski definition) is 1. The van der Waals surface area contributed by atoms with Gasteiger partial charge in [0.15, 0.2) is 0 Å². The van der Waals surface area contributed by atoms with E-state index in [1.807, 2.05) is 54.6 Å². The Bertz CT molecular complexity index is 422. The van der Waals surface area contributed by atoms with E-state index in [4.69, 9.17) is 16.3 Å². The molecule has 0 bridgehead atoms. The van der Waals surface area contributed by atoms with Gasteiger partial charge in [0.05, 0.1) is 6.61 Å². The van der Waals surface area contributed by atoms with Crippen LogP contribution in [0.3, 0.4) is 0 Å². The molecule has 0 N–H and O–H groups in total. The van der Waals surface area contributed by atoms with Crippen molar-refractivity contribution < 1.29 is 4.74 Å². The Balaban J connectivity index is 1.82. The molecule has 2 heteroatoms. The first-order valence-electron chi connectivity index (χ1n) is 5.27. The molecule has 1 nitrogen and oxygen atoms in total. The van der Waals surface area contributed by atoms with Crippen LogP contribution in [0.15, 0.2) is 54.6 Å². The second kappa shape index (κ2) is 5.57. The van der Waals surface area contributed by atoms with Crippen molar-refractivity contribution in [2.24, 2.45) is 0 Å². The summed E-state index contributed by atoms with van der Waals surface area (Å²) in [5, 5.41) is 0.771. The summed E-state index contributed by atoms with van der Waals surface area (Å²) in [5.74, 6) is 0.913. The molecule has 0 aromatic heterocycles. The fourth-order valence-electron chi connectivity index (χ4n) is 1.45. The Morgan fingerprint density at radius 2 is 1.56 bits per heavy atom. The van der Waals surface area contributed by atoms with Crippen LogP contribution in [-0.4, -0.2) is 6.61 Å². The molecule has 0 radical (unpaired) electrons. The SMILES string of the molecule is Clc1ccc(CCOc2ccccc2)cc1. The molecule has 0 saturated carbocycles. The molecule has 0 aliphatic carbocycles. The predicted molar refractivity (Wildman–Crippen MR) is 67.1 cm³/mol. The van der Waals surface area contributed by atoms with Crippen LogP contribution in [0.2, 0.25) is 5.02 Å². The highest BCUT2D eigenvalue weighted by molar-refractivity contribution is 6.30. The first-order chi connectivity index (χ1) is 7.84. The van der Waals surface area contributed by atoms with Crippen LogP contribution < -0.4 is 4.74 Å². The number of halogens is 1. The standard InChI is InChI=1S/C14H13ClO/c15-13-8-6-12(7-9-13)10-11-16-14-4-2-1-3-5-14/h1-9H,10-11H2. The van der Waals surface area contributed by atoms with Gasteiger partial charge in [0.25, 0.3) is 0 Å². The summed E-state index contributed by atoms with van der Waals surface area (Å²) in [6, 6.07) is 17.7. The maximum absolute atomic E-state index is 5.81. The van der Waals surface area contributed by atoms with Gasteiger partial charge >= 0.3 is 0 Å². The van der Waals surface area contributed by atoms with Crippen LogP contribution in [0.4, 0.5) is 0 Å². The van der Waals surface area contributed by atoms with E-state index in [1.54, 1.807) is 0 Å². The van der Waals surface area contributed by atoms with E-state index >= 15 is 0 Å². The van der Waals surface area contributed by atoms with Gasteiger partial charge in [-0.25, -0.2) is 0 Å². The number of benzene rings is 2. The maximum atomic E-state index is 5.81. The Kier molecular flexibility index (Phi) is 3.84. The molecule has 0 saturated heterocycles. The summed E-state index contributed by atoms with van der Waals surface area (Å²) in [4.78, 5) is 0. The highest BCUT2D eigenvalue weighted by Gasteiger charge is 1.95. The third-order valence-electron chi connectivity index (χ3n) is 2.32. The smallest absolute Gasteiger partial charge is 0.119 e. The van der Waals surface area contributed by atoms with Gasteiger partial charge < -0.3 is 4.74 Å². The summed E-state index contributed by atoms with van der Waals surface area (Å²) < 4.78 is 5.61. The van der Waals surface area contributed by atoms with E-state index in [0.717, 1.165) is 17.2 Å². The minimum Gasteiger partial charge on any atom is -0.493 e. The van der Waals surface area contributed by atoms with Crippen molar-refractivity contribution in [3.8, 4) is 5.75 Å². The molecule has 0 fully saturated rings. The first kappa shape index (κ1) is 11.0. The van der Waals surface area contributed by atoms with Crippen molar-refractivity contribution >= 4 is 11.6 Å². The van der Waals surface area contributed by atoms with E-state index < -0.39 is 0 Å². The lowest BCUT2D eigenvalue weighted by Gasteiger charge is -2.05. The summed E-state index contributed by atoms with van der Waals surface area (Å²) in [6.45, 7) is 0.686. The predicted octanol–water partition coefficient (Wildman–Crippen LogP) is 3.96. The molecule has 2 rings (SSSR count). The fraction of sp³-hybridized carbons (Fsp3) is 0.143. The lowest BCUT2D eigenvalue weighted by atomic mass is 10.2. The maximum Gasteiger partial charge on any atom is 0.119 e.